The molecule has 0 heterocycles. The maximum atomic E-state index is 5.28. The fourth-order valence-corrected chi connectivity index (χ4v) is 0.728. The summed E-state index contributed by atoms with van der Waals surface area (Å²) in [5.74, 6) is 0.843. The number of para-hydroxylation sites is 1. The Labute approximate surface area is 73.0 Å². The lowest BCUT2D eigenvalue weighted by atomic mass is 10.3. The quantitative estimate of drug-likeness (QED) is 0.487. The third-order valence-electron chi connectivity index (χ3n) is 1.30. The van der Waals surface area contributed by atoms with Gasteiger partial charge in [-0.3, -0.25) is 0 Å². The van der Waals surface area contributed by atoms with Gasteiger partial charge in [0.05, 0.1) is 6.26 Å². The molecule has 0 unspecified atom stereocenters. The minimum absolute atomic E-state index is 0.843. The fraction of sp³-hybridized carbons (Fsp3) is 0.0909. The number of hydrogen-bond acceptors (Lipinski definition) is 1. The summed E-state index contributed by atoms with van der Waals surface area (Å²) in [4.78, 5) is 0. The summed E-state index contributed by atoms with van der Waals surface area (Å²) in [6.45, 7) is 5.64. The molecular formula is C11H12O. The van der Waals surface area contributed by atoms with Gasteiger partial charge in [-0.1, -0.05) is 30.4 Å². The van der Waals surface area contributed by atoms with Crippen LogP contribution in [0.3, 0.4) is 0 Å². The minimum atomic E-state index is 0.843. The second-order valence-corrected chi connectivity index (χ2v) is 2.58. The molecule has 0 atom stereocenters. The van der Waals surface area contributed by atoms with Crippen molar-refractivity contribution in [2.75, 3.05) is 0 Å². The first-order valence-corrected chi connectivity index (χ1v) is 3.83. The highest BCUT2D eigenvalue weighted by Crippen LogP contribution is 2.08. The highest BCUT2D eigenvalue weighted by atomic mass is 16.5. The Balaban J connectivity index is 2.49. The van der Waals surface area contributed by atoms with Crippen LogP contribution in [0.15, 0.2) is 54.8 Å². The smallest absolute Gasteiger partial charge is 0.126 e. The standard InChI is InChI=1S/C11H12O/c1-10(2)8-9-12-11-6-4-3-5-7-11/h3-9H,1H2,2H3/b9-8-. The molecule has 0 fully saturated rings. The van der Waals surface area contributed by atoms with Crippen molar-refractivity contribution in [1.29, 1.82) is 0 Å². The molecule has 0 aliphatic heterocycles. The first-order chi connectivity index (χ1) is 5.79. The zero-order valence-electron chi connectivity index (χ0n) is 7.16. The molecule has 0 aliphatic rings. The van der Waals surface area contributed by atoms with Gasteiger partial charge in [-0.2, -0.15) is 0 Å². The van der Waals surface area contributed by atoms with Crippen molar-refractivity contribution in [2.24, 2.45) is 0 Å². The SMILES string of the molecule is C=C(C)/C=C\Oc1ccccc1. The zero-order valence-corrected chi connectivity index (χ0v) is 7.16. The number of hydrogen-bond donors (Lipinski definition) is 0. The normalized spacial score (nSPS) is 10.1. The van der Waals surface area contributed by atoms with E-state index in [-0.39, 0.29) is 0 Å². The average Bonchev–Trinajstić information content (AvgIpc) is 2.05. The van der Waals surface area contributed by atoms with E-state index in [1.807, 2.05) is 43.3 Å². The second kappa shape index (κ2) is 4.39. The van der Waals surface area contributed by atoms with Gasteiger partial charge in [-0.25, -0.2) is 0 Å². The lowest BCUT2D eigenvalue weighted by Gasteiger charge is -1.97. The molecule has 62 valence electrons. The Kier molecular flexibility index (Phi) is 3.15. The molecule has 1 rings (SSSR count). The van der Waals surface area contributed by atoms with E-state index in [4.69, 9.17) is 4.74 Å². The highest BCUT2D eigenvalue weighted by Gasteiger charge is 1.84. The van der Waals surface area contributed by atoms with E-state index in [1.54, 1.807) is 6.26 Å². The monoisotopic (exact) mass is 160 g/mol. The Morgan fingerprint density at radius 1 is 1.33 bits per heavy atom. The summed E-state index contributed by atoms with van der Waals surface area (Å²) in [6, 6.07) is 9.63. The van der Waals surface area contributed by atoms with Crippen LogP contribution in [0.5, 0.6) is 5.75 Å². The number of rotatable bonds is 3. The van der Waals surface area contributed by atoms with E-state index >= 15 is 0 Å². The molecule has 0 bridgehead atoms. The van der Waals surface area contributed by atoms with Crippen LogP contribution in [0.1, 0.15) is 6.92 Å². The van der Waals surface area contributed by atoms with Gasteiger partial charge in [0.1, 0.15) is 5.75 Å². The maximum absolute atomic E-state index is 5.28. The first-order valence-electron chi connectivity index (χ1n) is 3.83. The van der Waals surface area contributed by atoms with Crippen LogP contribution in [0.4, 0.5) is 0 Å². The van der Waals surface area contributed by atoms with Gasteiger partial charge >= 0.3 is 0 Å². The number of benzene rings is 1. The Bertz CT molecular complexity index is 272. The summed E-state index contributed by atoms with van der Waals surface area (Å²) in [6.07, 6.45) is 3.46. The van der Waals surface area contributed by atoms with Crippen molar-refractivity contribution in [3.8, 4) is 5.75 Å². The van der Waals surface area contributed by atoms with Gasteiger partial charge in [0.25, 0.3) is 0 Å². The third-order valence-corrected chi connectivity index (χ3v) is 1.30. The van der Waals surface area contributed by atoms with Crippen LogP contribution in [0.25, 0.3) is 0 Å². The van der Waals surface area contributed by atoms with Crippen LogP contribution in [-0.4, -0.2) is 0 Å². The Morgan fingerprint density at radius 3 is 2.58 bits per heavy atom. The van der Waals surface area contributed by atoms with Gasteiger partial charge in [-0.15, -0.1) is 0 Å². The van der Waals surface area contributed by atoms with Crippen molar-refractivity contribution in [3.05, 3.63) is 54.8 Å². The van der Waals surface area contributed by atoms with Gasteiger partial charge in [-0.05, 0) is 25.1 Å². The van der Waals surface area contributed by atoms with E-state index in [9.17, 15) is 0 Å². The van der Waals surface area contributed by atoms with Gasteiger partial charge in [0, 0.05) is 0 Å². The predicted molar refractivity (Wildman–Crippen MR) is 51.0 cm³/mol. The van der Waals surface area contributed by atoms with Crippen molar-refractivity contribution < 1.29 is 4.74 Å². The zero-order chi connectivity index (χ0) is 8.81. The van der Waals surface area contributed by atoms with E-state index in [0.29, 0.717) is 0 Å². The average molecular weight is 160 g/mol. The van der Waals surface area contributed by atoms with Crippen molar-refractivity contribution in [2.45, 2.75) is 6.92 Å². The van der Waals surface area contributed by atoms with E-state index < -0.39 is 0 Å². The molecule has 0 aromatic heterocycles. The second-order valence-electron chi connectivity index (χ2n) is 2.58. The molecule has 0 aliphatic carbocycles. The van der Waals surface area contributed by atoms with Gasteiger partial charge in [0.2, 0.25) is 0 Å². The van der Waals surface area contributed by atoms with E-state index in [2.05, 4.69) is 6.58 Å². The van der Waals surface area contributed by atoms with E-state index in [1.165, 1.54) is 0 Å². The molecule has 1 aromatic rings. The van der Waals surface area contributed by atoms with Crippen LogP contribution in [0.2, 0.25) is 0 Å². The number of allylic oxidation sites excluding steroid dienone is 2. The molecular weight excluding hydrogens is 148 g/mol. The molecule has 0 spiro atoms. The number of ether oxygens (including phenoxy) is 1. The van der Waals surface area contributed by atoms with Crippen LogP contribution < -0.4 is 4.74 Å². The summed E-state index contributed by atoms with van der Waals surface area (Å²) in [7, 11) is 0. The predicted octanol–water partition coefficient (Wildman–Crippen LogP) is 3.16. The van der Waals surface area contributed by atoms with Crippen molar-refractivity contribution >= 4 is 0 Å². The fourth-order valence-electron chi connectivity index (χ4n) is 0.728. The maximum Gasteiger partial charge on any atom is 0.126 e. The summed E-state index contributed by atoms with van der Waals surface area (Å²) >= 11 is 0. The lowest BCUT2D eigenvalue weighted by molar-refractivity contribution is 0.481. The molecule has 1 aromatic carbocycles. The minimum Gasteiger partial charge on any atom is -0.465 e. The molecule has 1 heteroatoms. The van der Waals surface area contributed by atoms with Crippen LogP contribution >= 0.6 is 0 Å². The first kappa shape index (κ1) is 8.60. The molecule has 0 saturated heterocycles. The Morgan fingerprint density at radius 2 is 2.00 bits per heavy atom. The Hall–Kier alpha value is -1.50. The van der Waals surface area contributed by atoms with Gasteiger partial charge in [0.15, 0.2) is 0 Å². The third kappa shape index (κ3) is 3.06. The van der Waals surface area contributed by atoms with Gasteiger partial charge < -0.3 is 4.74 Å². The molecule has 0 saturated carbocycles. The largest absolute Gasteiger partial charge is 0.465 e. The van der Waals surface area contributed by atoms with E-state index in [0.717, 1.165) is 11.3 Å². The highest BCUT2D eigenvalue weighted by molar-refractivity contribution is 5.22. The summed E-state index contributed by atoms with van der Waals surface area (Å²) < 4.78 is 5.28. The molecule has 12 heavy (non-hydrogen) atoms. The summed E-state index contributed by atoms with van der Waals surface area (Å²) in [5.41, 5.74) is 0.978. The molecule has 1 nitrogen and oxygen atoms in total. The van der Waals surface area contributed by atoms with Crippen LogP contribution in [-0.2, 0) is 0 Å². The van der Waals surface area contributed by atoms with Crippen LogP contribution in [0, 0.1) is 0 Å². The van der Waals surface area contributed by atoms with Crippen molar-refractivity contribution in [3.63, 3.8) is 0 Å². The molecule has 0 amide bonds. The summed E-state index contributed by atoms with van der Waals surface area (Å²) in [5, 5.41) is 0. The molecule has 0 radical (unpaired) electrons. The lowest BCUT2D eigenvalue weighted by Crippen LogP contribution is -1.80. The van der Waals surface area contributed by atoms with Crippen molar-refractivity contribution in [1.82, 2.24) is 0 Å². The topological polar surface area (TPSA) is 9.23 Å². The molecule has 0 N–H and O–H groups in total.